The predicted molar refractivity (Wildman–Crippen MR) is 91.3 cm³/mol. The summed E-state index contributed by atoms with van der Waals surface area (Å²) in [4.78, 5) is 27.0. The molecule has 2 aromatic heterocycles. The minimum absolute atomic E-state index is 0.00502. The van der Waals surface area contributed by atoms with E-state index in [9.17, 15) is 19.3 Å². The van der Waals surface area contributed by atoms with Crippen LogP contribution in [0.15, 0.2) is 41.4 Å². The number of fused-ring (bicyclic) bond motifs is 1. The van der Waals surface area contributed by atoms with Crippen molar-refractivity contribution in [2.45, 2.75) is 0 Å². The second-order valence-electron chi connectivity index (χ2n) is 4.75. The highest BCUT2D eigenvalue weighted by Gasteiger charge is 2.09. The number of halogens is 1. The number of carbonyl (C=O) groups is 1. The van der Waals surface area contributed by atoms with E-state index < -0.39 is 10.8 Å². The Morgan fingerprint density at radius 1 is 1.33 bits per heavy atom. The lowest BCUT2D eigenvalue weighted by Gasteiger charge is -1.95. The van der Waals surface area contributed by atoms with E-state index in [2.05, 4.69) is 4.99 Å². The van der Waals surface area contributed by atoms with Crippen LogP contribution in [-0.4, -0.2) is 15.4 Å². The molecule has 0 radical (unpaired) electrons. The van der Waals surface area contributed by atoms with Crippen molar-refractivity contribution < 1.29 is 14.1 Å². The molecule has 3 rings (SSSR count). The highest BCUT2D eigenvalue weighted by molar-refractivity contribution is 7.16. The highest BCUT2D eigenvalue weighted by Crippen LogP contribution is 2.24. The number of nitrogens with zero attached hydrogens (tertiary/aromatic N) is 3. The Labute approximate surface area is 143 Å². The quantitative estimate of drug-likeness (QED) is 0.406. The van der Waals surface area contributed by atoms with Crippen LogP contribution in [-0.2, 0) is 11.8 Å². The number of para-hydroxylation sites is 1. The van der Waals surface area contributed by atoms with Gasteiger partial charge in [-0.2, -0.15) is 4.99 Å². The van der Waals surface area contributed by atoms with Crippen LogP contribution in [0.4, 0.5) is 9.39 Å². The first kappa shape index (κ1) is 16.2. The van der Waals surface area contributed by atoms with E-state index in [0.717, 1.165) is 11.3 Å². The van der Waals surface area contributed by atoms with Crippen LogP contribution < -0.4 is 4.80 Å². The number of carbonyl (C=O) groups excluding carboxylic acids is 1. The van der Waals surface area contributed by atoms with E-state index in [1.807, 2.05) is 0 Å². The van der Waals surface area contributed by atoms with Gasteiger partial charge in [-0.15, -0.1) is 0 Å². The van der Waals surface area contributed by atoms with E-state index in [1.54, 1.807) is 25.2 Å². The van der Waals surface area contributed by atoms with E-state index in [0.29, 0.717) is 19.9 Å². The Morgan fingerprint density at radius 3 is 2.79 bits per heavy atom. The standard InChI is InChI=1S/C15H10FN3O3S2/c1-18-14-10(16)3-2-4-11(14)24-15(18)17-12(20)7-5-9-6-8-13(23-9)19(21)22/h2-8H,1H3/b7-5+,17-15?. The first-order chi connectivity index (χ1) is 11.5. The van der Waals surface area contributed by atoms with Crippen LogP contribution in [0, 0.1) is 15.9 Å². The topological polar surface area (TPSA) is 77.5 Å². The lowest BCUT2D eigenvalue weighted by Crippen LogP contribution is -2.12. The van der Waals surface area contributed by atoms with Gasteiger partial charge in [0.2, 0.25) is 0 Å². The number of thiophene rings is 1. The molecule has 9 heteroatoms. The number of benzene rings is 1. The number of nitro groups is 1. The van der Waals surface area contributed by atoms with Crippen molar-refractivity contribution in [2.24, 2.45) is 12.0 Å². The molecule has 0 atom stereocenters. The number of hydrogen-bond donors (Lipinski definition) is 0. The van der Waals surface area contributed by atoms with Gasteiger partial charge in [0.25, 0.3) is 5.91 Å². The molecule has 0 spiro atoms. The molecule has 122 valence electrons. The van der Waals surface area contributed by atoms with Crippen LogP contribution in [0.1, 0.15) is 4.88 Å². The lowest BCUT2D eigenvalue weighted by molar-refractivity contribution is -0.380. The van der Waals surface area contributed by atoms with Crippen molar-refractivity contribution in [1.29, 1.82) is 0 Å². The summed E-state index contributed by atoms with van der Waals surface area (Å²) >= 11 is 2.18. The SMILES string of the molecule is Cn1c(=NC(=O)/C=C/c2ccc([N+](=O)[O-])s2)sc2cccc(F)c21. The van der Waals surface area contributed by atoms with Crippen molar-refractivity contribution in [2.75, 3.05) is 0 Å². The minimum Gasteiger partial charge on any atom is -0.317 e. The third-order valence-electron chi connectivity index (χ3n) is 3.16. The number of rotatable bonds is 3. The minimum atomic E-state index is -0.520. The van der Waals surface area contributed by atoms with Crippen molar-refractivity contribution in [3.63, 3.8) is 0 Å². The average molecular weight is 363 g/mol. The zero-order chi connectivity index (χ0) is 17.3. The zero-order valence-corrected chi connectivity index (χ0v) is 13.9. The molecular weight excluding hydrogens is 353 g/mol. The summed E-state index contributed by atoms with van der Waals surface area (Å²) in [5.74, 6) is -0.893. The second-order valence-corrected chi connectivity index (χ2v) is 6.85. The van der Waals surface area contributed by atoms with E-state index >= 15 is 0 Å². The number of aryl methyl sites for hydroxylation is 1. The molecule has 0 saturated carbocycles. The molecule has 0 fully saturated rings. The summed E-state index contributed by atoms with van der Waals surface area (Å²) in [6.07, 6.45) is 2.70. The van der Waals surface area contributed by atoms with E-state index in [1.165, 1.54) is 40.2 Å². The van der Waals surface area contributed by atoms with Crippen LogP contribution in [0.2, 0.25) is 0 Å². The monoisotopic (exact) mass is 363 g/mol. The Hall–Kier alpha value is -2.65. The van der Waals surface area contributed by atoms with Gasteiger partial charge in [-0.1, -0.05) is 28.7 Å². The molecule has 0 aliphatic heterocycles. The van der Waals surface area contributed by atoms with Crippen molar-refractivity contribution in [3.05, 3.63) is 62.0 Å². The average Bonchev–Trinajstić information content (AvgIpc) is 3.12. The maximum absolute atomic E-state index is 13.8. The molecule has 3 aromatic rings. The van der Waals surface area contributed by atoms with Gasteiger partial charge in [-0.3, -0.25) is 14.9 Å². The smallest absolute Gasteiger partial charge is 0.317 e. The second kappa shape index (κ2) is 6.46. The molecule has 0 aliphatic rings. The molecule has 1 amide bonds. The van der Waals surface area contributed by atoms with Gasteiger partial charge in [0.15, 0.2) is 4.80 Å². The summed E-state index contributed by atoms with van der Waals surface area (Å²) in [6.45, 7) is 0. The fourth-order valence-electron chi connectivity index (χ4n) is 2.08. The number of amides is 1. The van der Waals surface area contributed by atoms with Gasteiger partial charge in [0, 0.05) is 24.1 Å². The fraction of sp³-hybridized carbons (Fsp3) is 0.0667. The molecule has 1 aromatic carbocycles. The third-order valence-corrected chi connectivity index (χ3v) is 5.26. The molecule has 0 bridgehead atoms. The maximum Gasteiger partial charge on any atom is 0.324 e. The molecular formula is C15H10FN3O3S2. The Bertz CT molecular complexity index is 1050. The van der Waals surface area contributed by atoms with Crippen LogP contribution in [0.5, 0.6) is 0 Å². The lowest BCUT2D eigenvalue weighted by atomic mass is 10.3. The normalized spacial score (nSPS) is 12.3. The molecule has 2 heterocycles. The summed E-state index contributed by atoms with van der Waals surface area (Å²) in [5, 5.41) is 10.6. The molecule has 0 saturated heterocycles. The molecule has 0 N–H and O–H groups in total. The molecule has 0 aliphatic carbocycles. The van der Waals surface area contributed by atoms with Gasteiger partial charge in [-0.05, 0) is 24.3 Å². The van der Waals surface area contributed by atoms with Gasteiger partial charge < -0.3 is 4.57 Å². The van der Waals surface area contributed by atoms with Crippen molar-refractivity contribution in [1.82, 2.24) is 4.57 Å². The number of thiazole rings is 1. The summed E-state index contributed by atoms with van der Waals surface area (Å²) in [5.41, 5.74) is 0.395. The van der Waals surface area contributed by atoms with Crippen LogP contribution in [0.25, 0.3) is 16.3 Å². The zero-order valence-electron chi connectivity index (χ0n) is 12.3. The first-order valence-corrected chi connectivity index (χ1v) is 8.34. The van der Waals surface area contributed by atoms with Crippen LogP contribution in [0.3, 0.4) is 0 Å². The van der Waals surface area contributed by atoms with Crippen molar-refractivity contribution in [3.8, 4) is 0 Å². The summed E-state index contributed by atoms with van der Waals surface area (Å²) < 4.78 is 16.0. The van der Waals surface area contributed by atoms with Gasteiger partial charge in [0.05, 0.1) is 15.1 Å². The Kier molecular flexibility index (Phi) is 4.36. The molecule has 6 nitrogen and oxygen atoms in total. The summed E-state index contributed by atoms with van der Waals surface area (Å²) in [6, 6.07) is 7.64. The third kappa shape index (κ3) is 3.17. The summed E-state index contributed by atoms with van der Waals surface area (Å²) in [7, 11) is 1.64. The molecule has 0 unspecified atom stereocenters. The van der Waals surface area contributed by atoms with Gasteiger partial charge in [-0.25, -0.2) is 4.39 Å². The van der Waals surface area contributed by atoms with Gasteiger partial charge >= 0.3 is 5.00 Å². The molecule has 24 heavy (non-hydrogen) atoms. The number of aromatic nitrogens is 1. The van der Waals surface area contributed by atoms with Crippen molar-refractivity contribution >= 4 is 49.9 Å². The first-order valence-electron chi connectivity index (χ1n) is 6.71. The number of hydrogen-bond acceptors (Lipinski definition) is 5. The largest absolute Gasteiger partial charge is 0.324 e. The maximum atomic E-state index is 13.8. The van der Waals surface area contributed by atoms with E-state index in [-0.39, 0.29) is 10.8 Å². The predicted octanol–water partition coefficient (Wildman–Crippen LogP) is 3.49. The van der Waals surface area contributed by atoms with Gasteiger partial charge in [0.1, 0.15) is 5.82 Å². The Balaban J connectivity index is 1.89. The Morgan fingerprint density at radius 2 is 2.12 bits per heavy atom. The van der Waals surface area contributed by atoms with Crippen LogP contribution >= 0.6 is 22.7 Å². The highest BCUT2D eigenvalue weighted by atomic mass is 32.1. The van der Waals surface area contributed by atoms with E-state index in [4.69, 9.17) is 0 Å². The fourth-order valence-corrected chi connectivity index (χ4v) is 3.84.